The maximum Gasteiger partial charge on any atom is 0.222 e. The SMILES string of the molecule is COc1cc(OC)c(CCC(=O)N2CCCCC2)cc1N. The molecule has 1 aromatic carbocycles. The van der Waals surface area contributed by atoms with Gasteiger partial charge in [-0.25, -0.2) is 0 Å². The number of carbonyl (C=O) groups excluding carboxylic acids is 1. The van der Waals surface area contributed by atoms with Gasteiger partial charge in [-0.05, 0) is 37.3 Å². The van der Waals surface area contributed by atoms with Gasteiger partial charge in [0.25, 0.3) is 0 Å². The van der Waals surface area contributed by atoms with Crippen molar-refractivity contribution in [2.45, 2.75) is 32.1 Å². The summed E-state index contributed by atoms with van der Waals surface area (Å²) >= 11 is 0. The molecule has 0 unspecified atom stereocenters. The fourth-order valence-corrected chi connectivity index (χ4v) is 2.73. The second-order valence-corrected chi connectivity index (χ2v) is 5.35. The van der Waals surface area contributed by atoms with Crippen molar-refractivity contribution >= 4 is 11.6 Å². The first-order valence-corrected chi connectivity index (χ1v) is 7.44. The first-order chi connectivity index (χ1) is 10.2. The highest BCUT2D eigenvalue weighted by molar-refractivity contribution is 5.76. The zero-order valence-corrected chi connectivity index (χ0v) is 12.9. The molecule has 2 N–H and O–H groups in total. The van der Waals surface area contributed by atoms with Gasteiger partial charge in [0.15, 0.2) is 0 Å². The number of benzene rings is 1. The van der Waals surface area contributed by atoms with Crippen LogP contribution in [-0.2, 0) is 11.2 Å². The van der Waals surface area contributed by atoms with E-state index in [1.165, 1.54) is 6.42 Å². The molecule has 1 amide bonds. The molecule has 0 saturated carbocycles. The van der Waals surface area contributed by atoms with E-state index in [0.29, 0.717) is 30.0 Å². The van der Waals surface area contributed by atoms with Gasteiger partial charge in [-0.3, -0.25) is 4.79 Å². The highest BCUT2D eigenvalue weighted by Crippen LogP contribution is 2.31. The number of nitrogens with two attached hydrogens (primary N) is 1. The standard InChI is InChI=1S/C16H24N2O3/c1-20-14-11-15(21-2)13(17)10-12(14)6-7-16(19)18-8-4-3-5-9-18/h10-11H,3-9,17H2,1-2H3. The molecule has 0 atom stereocenters. The number of aryl methyl sites for hydroxylation is 1. The first-order valence-electron chi connectivity index (χ1n) is 7.44. The molecule has 2 rings (SSSR count). The minimum absolute atomic E-state index is 0.214. The van der Waals surface area contributed by atoms with E-state index in [2.05, 4.69) is 0 Å². The molecular formula is C16H24N2O3. The van der Waals surface area contributed by atoms with E-state index in [1.807, 2.05) is 11.0 Å². The third-order valence-corrected chi connectivity index (χ3v) is 3.95. The first kappa shape index (κ1) is 15.5. The summed E-state index contributed by atoms with van der Waals surface area (Å²) < 4.78 is 10.5. The number of ether oxygens (including phenoxy) is 2. The smallest absolute Gasteiger partial charge is 0.222 e. The average Bonchev–Trinajstić information content (AvgIpc) is 2.53. The maximum absolute atomic E-state index is 12.2. The van der Waals surface area contributed by atoms with E-state index in [1.54, 1.807) is 20.3 Å². The summed E-state index contributed by atoms with van der Waals surface area (Å²) in [4.78, 5) is 14.2. The van der Waals surface area contributed by atoms with Crippen molar-refractivity contribution < 1.29 is 14.3 Å². The van der Waals surface area contributed by atoms with Crippen molar-refractivity contribution in [2.24, 2.45) is 0 Å². The molecule has 0 aromatic heterocycles. The van der Waals surface area contributed by atoms with Crippen LogP contribution < -0.4 is 15.2 Å². The Balaban J connectivity index is 2.01. The molecule has 5 nitrogen and oxygen atoms in total. The molecule has 0 spiro atoms. The molecule has 1 saturated heterocycles. The summed E-state index contributed by atoms with van der Waals surface area (Å²) in [6.45, 7) is 1.78. The van der Waals surface area contributed by atoms with Crippen LogP contribution in [0.2, 0.25) is 0 Å². The van der Waals surface area contributed by atoms with Gasteiger partial charge in [0.05, 0.1) is 19.9 Å². The van der Waals surface area contributed by atoms with Crippen LogP contribution in [0.5, 0.6) is 11.5 Å². The van der Waals surface area contributed by atoms with Gasteiger partial charge in [-0.15, -0.1) is 0 Å². The van der Waals surface area contributed by atoms with Gasteiger partial charge >= 0.3 is 0 Å². The van der Waals surface area contributed by atoms with Gasteiger partial charge in [0.1, 0.15) is 11.5 Å². The zero-order chi connectivity index (χ0) is 15.2. The number of carbonyl (C=O) groups is 1. The molecule has 0 bridgehead atoms. The van der Waals surface area contributed by atoms with Gasteiger partial charge in [-0.2, -0.15) is 0 Å². The number of likely N-dealkylation sites (tertiary alicyclic amines) is 1. The Kier molecular flexibility index (Phi) is 5.31. The van der Waals surface area contributed by atoms with Crippen LogP contribution in [0, 0.1) is 0 Å². The molecular weight excluding hydrogens is 268 g/mol. The molecule has 1 aliphatic rings. The third kappa shape index (κ3) is 3.80. The lowest BCUT2D eigenvalue weighted by molar-refractivity contribution is -0.132. The predicted molar refractivity (Wildman–Crippen MR) is 82.7 cm³/mol. The van der Waals surface area contributed by atoms with Crippen LogP contribution in [0.3, 0.4) is 0 Å². The van der Waals surface area contributed by atoms with Crippen molar-refractivity contribution in [1.29, 1.82) is 0 Å². The molecule has 1 heterocycles. The number of piperidine rings is 1. The van der Waals surface area contributed by atoms with Crippen LogP contribution in [0.4, 0.5) is 5.69 Å². The Morgan fingerprint density at radius 2 is 1.81 bits per heavy atom. The summed E-state index contributed by atoms with van der Waals surface area (Å²) in [5, 5.41) is 0. The number of nitrogens with zero attached hydrogens (tertiary/aromatic N) is 1. The Morgan fingerprint density at radius 3 is 2.43 bits per heavy atom. The maximum atomic E-state index is 12.2. The van der Waals surface area contributed by atoms with E-state index < -0.39 is 0 Å². The van der Waals surface area contributed by atoms with E-state index in [0.717, 1.165) is 31.5 Å². The van der Waals surface area contributed by atoms with E-state index >= 15 is 0 Å². The van der Waals surface area contributed by atoms with E-state index in [4.69, 9.17) is 15.2 Å². The molecule has 0 aliphatic carbocycles. The monoisotopic (exact) mass is 292 g/mol. The number of hydrogen-bond donors (Lipinski definition) is 1. The van der Waals surface area contributed by atoms with E-state index in [-0.39, 0.29) is 5.91 Å². The van der Waals surface area contributed by atoms with Crippen molar-refractivity contribution in [1.82, 2.24) is 4.90 Å². The Morgan fingerprint density at radius 1 is 1.14 bits per heavy atom. The Hall–Kier alpha value is -1.91. The average molecular weight is 292 g/mol. The Labute approximate surface area is 126 Å². The second kappa shape index (κ2) is 7.20. The van der Waals surface area contributed by atoms with E-state index in [9.17, 15) is 4.79 Å². The van der Waals surface area contributed by atoms with Crippen LogP contribution in [0.15, 0.2) is 12.1 Å². The number of hydrogen-bond acceptors (Lipinski definition) is 4. The van der Waals surface area contributed by atoms with Crippen molar-refractivity contribution in [3.63, 3.8) is 0 Å². The molecule has 21 heavy (non-hydrogen) atoms. The quantitative estimate of drug-likeness (QED) is 0.845. The normalized spacial score (nSPS) is 14.9. The number of rotatable bonds is 5. The molecule has 1 aliphatic heterocycles. The summed E-state index contributed by atoms with van der Waals surface area (Å²) in [7, 11) is 3.19. The van der Waals surface area contributed by atoms with Crippen molar-refractivity contribution in [3.05, 3.63) is 17.7 Å². The third-order valence-electron chi connectivity index (χ3n) is 3.95. The van der Waals surface area contributed by atoms with Crippen molar-refractivity contribution in [2.75, 3.05) is 33.0 Å². The van der Waals surface area contributed by atoms with Gasteiger partial charge in [0.2, 0.25) is 5.91 Å². The minimum atomic E-state index is 0.214. The number of methoxy groups -OCH3 is 2. The highest BCUT2D eigenvalue weighted by Gasteiger charge is 2.17. The summed E-state index contributed by atoms with van der Waals surface area (Å²) in [6.07, 6.45) is 4.58. The van der Waals surface area contributed by atoms with Crippen LogP contribution in [0.25, 0.3) is 0 Å². The topological polar surface area (TPSA) is 64.8 Å². The van der Waals surface area contributed by atoms with Crippen LogP contribution in [0.1, 0.15) is 31.2 Å². The zero-order valence-electron chi connectivity index (χ0n) is 12.9. The van der Waals surface area contributed by atoms with Gasteiger partial charge in [0, 0.05) is 25.6 Å². The molecule has 0 radical (unpaired) electrons. The minimum Gasteiger partial charge on any atom is -0.496 e. The number of anilines is 1. The second-order valence-electron chi connectivity index (χ2n) is 5.35. The fourth-order valence-electron chi connectivity index (χ4n) is 2.73. The van der Waals surface area contributed by atoms with Crippen LogP contribution in [-0.4, -0.2) is 38.1 Å². The highest BCUT2D eigenvalue weighted by atomic mass is 16.5. The van der Waals surface area contributed by atoms with Gasteiger partial charge in [-0.1, -0.05) is 0 Å². The summed E-state index contributed by atoms with van der Waals surface area (Å²) in [6, 6.07) is 3.61. The number of nitrogen functional groups attached to an aromatic ring is 1. The van der Waals surface area contributed by atoms with Gasteiger partial charge < -0.3 is 20.1 Å². The summed E-state index contributed by atoms with van der Waals surface area (Å²) in [5.74, 6) is 1.52. The lowest BCUT2D eigenvalue weighted by Gasteiger charge is -2.26. The lowest BCUT2D eigenvalue weighted by Crippen LogP contribution is -2.35. The molecule has 116 valence electrons. The van der Waals surface area contributed by atoms with Crippen LogP contribution >= 0.6 is 0 Å². The molecule has 1 aromatic rings. The molecule has 1 fully saturated rings. The fraction of sp³-hybridized carbons (Fsp3) is 0.562. The molecule has 5 heteroatoms. The van der Waals surface area contributed by atoms with Crippen molar-refractivity contribution in [3.8, 4) is 11.5 Å². The Bertz CT molecular complexity index is 497. The predicted octanol–water partition coefficient (Wildman–Crippen LogP) is 2.23. The number of amides is 1. The largest absolute Gasteiger partial charge is 0.496 e. The summed E-state index contributed by atoms with van der Waals surface area (Å²) in [5.41, 5.74) is 7.44. The lowest BCUT2D eigenvalue weighted by atomic mass is 10.1.